The molecule has 1 amide bonds. The number of benzene rings is 1. The van der Waals surface area contributed by atoms with E-state index in [4.69, 9.17) is 5.11 Å². The predicted octanol–water partition coefficient (Wildman–Crippen LogP) is 2.63. The van der Waals surface area contributed by atoms with Crippen molar-refractivity contribution in [1.29, 1.82) is 0 Å². The van der Waals surface area contributed by atoms with Gasteiger partial charge in [-0.1, -0.05) is 12.1 Å². The van der Waals surface area contributed by atoms with Gasteiger partial charge in [-0.05, 0) is 18.2 Å². The van der Waals surface area contributed by atoms with Gasteiger partial charge in [-0.3, -0.25) is 9.48 Å². The summed E-state index contributed by atoms with van der Waals surface area (Å²) in [5, 5.41) is 24.5. The number of nitrogens with zero attached hydrogens (tertiary/aromatic N) is 2. The Bertz CT molecular complexity index is 867. The summed E-state index contributed by atoms with van der Waals surface area (Å²) in [6.45, 7) is -0.126. The van der Waals surface area contributed by atoms with Crippen molar-refractivity contribution in [3.63, 3.8) is 0 Å². The number of aliphatic carboxylic acids is 1. The molecule has 2 aromatic rings. The van der Waals surface area contributed by atoms with Crippen LogP contribution in [0.15, 0.2) is 53.6 Å². The lowest BCUT2D eigenvalue weighted by Crippen LogP contribution is -2.20. The Kier molecular flexibility index (Phi) is 7.24. The lowest BCUT2D eigenvalue weighted by molar-refractivity contribution is -0.141. The van der Waals surface area contributed by atoms with Gasteiger partial charge in [0.2, 0.25) is 5.91 Å². The van der Waals surface area contributed by atoms with E-state index in [0.29, 0.717) is 16.7 Å². The van der Waals surface area contributed by atoms with Gasteiger partial charge in [0.1, 0.15) is 0 Å². The van der Waals surface area contributed by atoms with E-state index in [2.05, 4.69) is 10.4 Å². The number of hydrogen-bond donors (Lipinski definition) is 3. The summed E-state index contributed by atoms with van der Waals surface area (Å²) >= 11 is 1.18. The standard InChI is InChI=1S/C17H16F3N3O4S/c18-17(19,20)14-7-8-23(22-14)9-11(24)10-28-13-4-2-1-3-12(13)21-15(25)5-6-16(26)27/h1-8,11,24H,9-10H2,(H,21,25)(H,26,27)/b6-5-/t11-/m1/s1. The maximum absolute atomic E-state index is 12.5. The monoisotopic (exact) mass is 415 g/mol. The summed E-state index contributed by atoms with van der Waals surface area (Å²) in [6.07, 6.45) is -2.82. The van der Waals surface area contributed by atoms with Crippen LogP contribution >= 0.6 is 11.8 Å². The minimum atomic E-state index is -4.54. The van der Waals surface area contributed by atoms with E-state index in [1.165, 1.54) is 11.8 Å². The number of rotatable bonds is 8. The predicted molar refractivity (Wildman–Crippen MR) is 95.8 cm³/mol. The average Bonchev–Trinajstić information content (AvgIpc) is 3.08. The Morgan fingerprint density at radius 1 is 1.25 bits per heavy atom. The molecular formula is C17H16F3N3O4S. The smallest absolute Gasteiger partial charge is 0.435 e. The topological polar surface area (TPSA) is 104 Å². The SMILES string of the molecule is O=C(O)/C=C\C(=O)Nc1ccccc1SC[C@H](O)Cn1ccc(C(F)(F)F)n1. The number of carboxylic acids is 1. The van der Waals surface area contributed by atoms with Crippen LogP contribution in [0.5, 0.6) is 0 Å². The van der Waals surface area contributed by atoms with E-state index in [9.17, 15) is 27.9 Å². The highest BCUT2D eigenvalue weighted by Crippen LogP contribution is 2.29. The highest BCUT2D eigenvalue weighted by atomic mass is 32.2. The lowest BCUT2D eigenvalue weighted by atomic mass is 10.3. The molecule has 0 saturated carbocycles. The van der Waals surface area contributed by atoms with E-state index >= 15 is 0 Å². The second-order valence-electron chi connectivity index (χ2n) is 5.54. The molecule has 3 N–H and O–H groups in total. The fourth-order valence-corrected chi connectivity index (χ4v) is 3.01. The number of nitrogens with one attached hydrogen (secondary N) is 1. The zero-order chi connectivity index (χ0) is 20.7. The van der Waals surface area contributed by atoms with Gasteiger partial charge in [0, 0.05) is 29.0 Å². The first kappa shape index (κ1) is 21.5. The summed E-state index contributed by atoms with van der Waals surface area (Å²) in [7, 11) is 0. The highest BCUT2D eigenvalue weighted by molar-refractivity contribution is 7.99. The number of halogens is 3. The van der Waals surface area contributed by atoms with Crippen molar-refractivity contribution in [3.8, 4) is 0 Å². The van der Waals surface area contributed by atoms with Crippen LogP contribution in [-0.2, 0) is 22.3 Å². The van der Waals surface area contributed by atoms with E-state index < -0.39 is 29.9 Å². The molecule has 0 radical (unpaired) electrons. The van der Waals surface area contributed by atoms with Crippen LogP contribution in [0, 0.1) is 0 Å². The zero-order valence-corrected chi connectivity index (χ0v) is 15.1. The summed E-state index contributed by atoms with van der Waals surface area (Å²) in [5.74, 6) is -1.75. The first-order valence-corrected chi connectivity index (χ1v) is 8.86. The third-order valence-corrected chi connectivity index (χ3v) is 4.50. The molecule has 1 aromatic heterocycles. The van der Waals surface area contributed by atoms with Crippen LogP contribution in [0.3, 0.4) is 0 Å². The quantitative estimate of drug-likeness (QED) is 0.452. The van der Waals surface area contributed by atoms with E-state index in [1.54, 1.807) is 24.3 Å². The van der Waals surface area contributed by atoms with Gasteiger partial charge >= 0.3 is 12.1 Å². The average molecular weight is 415 g/mol. The number of para-hydroxylation sites is 1. The van der Waals surface area contributed by atoms with Crippen molar-refractivity contribution in [3.05, 3.63) is 54.4 Å². The Balaban J connectivity index is 1.94. The third-order valence-electron chi connectivity index (χ3n) is 3.28. The molecule has 0 aliphatic heterocycles. The molecule has 28 heavy (non-hydrogen) atoms. The Labute approximate surface area is 161 Å². The number of aliphatic hydroxyl groups is 1. The summed E-state index contributed by atoms with van der Waals surface area (Å²) in [5.41, 5.74) is -0.618. The number of alkyl halides is 3. The molecule has 11 heteroatoms. The number of aliphatic hydroxyl groups excluding tert-OH is 1. The summed E-state index contributed by atoms with van der Waals surface area (Å²) in [6, 6.07) is 7.49. The number of anilines is 1. The number of carbonyl (C=O) groups excluding carboxylic acids is 1. The van der Waals surface area contributed by atoms with Crippen molar-refractivity contribution in [2.45, 2.75) is 23.7 Å². The molecule has 0 saturated heterocycles. The largest absolute Gasteiger partial charge is 0.478 e. The van der Waals surface area contributed by atoms with Crippen LogP contribution in [-0.4, -0.2) is 43.7 Å². The third kappa shape index (κ3) is 6.74. The van der Waals surface area contributed by atoms with Gasteiger partial charge < -0.3 is 15.5 Å². The van der Waals surface area contributed by atoms with Crippen molar-refractivity contribution in [1.82, 2.24) is 9.78 Å². The van der Waals surface area contributed by atoms with Gasteiger partial charge in [-0.2, -0.15) is 18.3 Å². The minimum absolute atomic E-state index is 0.126. The Morgan fingerprint density at radius 2 is 1.96 bits per heavy atom. The first-order valence-electron chi connectivity index (χ1n) is 7.87. The van der Waals surface area contributed by atoms with Crippen molar-refractivity contribution in [2.24, 2.45) is 0 Å². The van der Waals surface area contributed by atoms with Gasteiger partial charge in [-0.25, -0.2) is 4.79 Å². The van der Waals surface area contributed by atoms with Crippen molar-refractivity contribution in [2.75, 3.05) is 11.1 Å². The minimum Gasteiger partial charge on any atom is -0.478 e. The number of carboxylic acid groups (broad SMARTS) is 1. The Morgan fingerprint density at radius 3 is 2.61 bits per heavy atom. The molecule has 1 heterocycles. The van der Waals surface area contributed by atoms with Crippen LogP contribution in [0.4, 0.5) is 18.9 Å². The molecule has 0 aliphatic rings. The van der Waals surface area contributed by atoms with Crippen LogP contribution in [0.25, 0.3) is 0 Å². The van der Waals surface area contributed by atoms with E-state index in [-0.39, 0.29) is 12.3 Å². The molecule has 0 spiro atoms. The zero-order valence-electron chi connectivity index (χ0n) is 14.3. The van der Waals surface area contributed by atoms with Gasteiger partial charge in [0.15, 0.2) is 5.69 Å². The molecule has 1 atom stereocenters. The molecule has 0 fully saturated rings. The molecule has 150 valence electrons. The van der Waals surface area contributed by atoms with Gasteiger partial charge in [0.05, 0.1) is 18.3 Å². The van der Waals surface area contributed by atoms with Gasteiger partial charge in [0.25, 0.3) is 0 Å². The van der Waals surface area contributed by atoms with Crippen LogP contribution in [0.2, 0.25) is 0 Å². The number of thioether (sulfide) groups is 1. The molecule has 0 bridgehead atoms. The first-order chi connectivity index (χ1) is 13.1. The normalized spacial score (nSPS) is 12.9. The maximum Gasteiger partial charge on any atom is 0.435 e. The van der Waals surface area contributed by atoms with Crippen LogP contribution in [0.1, 0.15) is 5.69 Å². The van der Waals surface area contributed by atoms with Crippen LogP contribution < -0.4 is 5.32 Å². The molecule has 0 unspecified atom stereocenters. The van der Waals surface area contributed by atoms with Crippen molar-refractivity contribution >= 4 is 29.3 Å². The molecule has 1 aromatic carbocycles. The number of amides is 1. The maximum atomic E-state index is 12.5. The van der Waals surface area contributed by atoms with E-state index in [0.717, 1.165) is 23.0 Å². The molecule has 0 aliphatic carbocycles. The number of hydrogen-bond acceptors (Lipinski definition) is 5. The molecular weight excluding hydrogens is 399 g/mol. The molecule has 7 nitrogen and oxygen atoms in total. The second-order valence-corrected chi connectivity index (χ2v) is 6.60. The van der Waals surface area contributed by atoms with E-state index in [1.807, 2.05) is 0 Å². The fourth-order valence-electron chi connectivity index (χ4n) is 2.09. The highest BCUT2D eigenvalue weighted by Gasteiger charge is 2.33. The lowest BCUT2D eigenvalue weighted by Gasteiger charge is -2.13. The molecule has 2 rings (SSSR count). The summed E-state index contributed by atoms with van der Waals surface area (Å²) in [4.78, 5) is 22.8. The summed E-state index contributed by atoms with van der Waals surface area (Å²) < 4.78 is 38.6. The number of aromatic nitrogens is 2. The number of carbonyl (C=O) groups is 2. The van der Waals surface area contributed by atoms with Gasteiger partial charge in [-0.15, -0.1) is 11.8 Å². The van der Waals surface area contributed by atoms with Crippen molar-refractivity contribution < 1.29 is 33.0 Å². The second kappa shape index (κ2) is 9.42. The Hall–Kier alpha value is -2.79. The fraction of sp³-hybridized carbons (Fsp3) is 0.235.